The summed E-state index contributed by atoms with van der Waals surface area (Å²) in [6.45, 7) is 6.21. The summed E-state index contributed by atoms with van der Waals surface area (Å²) in [5, 5.41) is 0. The Morgan fingerprint density at radius 3 is 2.44 bits per heavy atom. The molecule has 0 aromatic carbocycles. The van der Waals surface area contributed by atoms with Crippen LogP contribution in [-0.4, -0.2) is 23.1 Å². The normalized spacial score (nSPS) is 15.7. The van der Waals surface area contributed by atoms with Crippen molar-refractivity contribution < 1.29 is 0 Å². The molecule has 5 heteroatoms. The fourth-order valence-corrected chi connectivity index (χ4v) is 2.21. The third-order valence-corrected chi connectivity index (χ3v) is 3.75. The average molecular weight is 249 g/mol. The van der Waals surface area contributed by atoms with Crippen LogP contribution in [0.1, 0.15) is 50.4 Å². The van der Waals surface area contributed by atoms with Gasteiger partial charge in [0.2, 0.25) is 0 Å². The molecule has 0 amide bonds. The monoisotopic (exact) mass is 249 g/mol. The van der Waals surface area contributed by atoms with E-state index in [0.29, 0.717) is 12.0 Å². The molecule has 2 rings (SSSR count). The van der Waals surface area contributed by atoms with Gasteiger partial charge >= 0.3 is 0 Å². The lowest BCUT2D eigenvalue weighted by Crippen LogP contribution is -2.38. The van der Waals surface area contributed by atoms with Crippen LogP contribution in [0.2, 0.25) is 0 Å². The molecular weight excluding hydrogens is 226 g/mol. The van der Waals surface area contributed by atoms with Gasteiger partial charge in [0.05, 0.1) is 0 Å². The Morgan fingerprint density at radius 1 is 1.33 bits per heavy atom. The van der Waals surface area contributed by atoms with Crippen molar-refractivity contribution in [3.05, 3.63) is 11.4 Å². The fourth-order valence-electron chi connectivity index (χ4n) is 2.21. The number of rotatable bonds is 4. The first-order valence-corrected chi connectivity index (χ1v) is 6.62. The molecule has 1 aliphatic carbocycles. The Balaban J connectivity index is 2.40. The van der Waals surface area contributed by atoms with Crippen LogP contribution in [0, 0.1) is 6.92 Å². The van der Waals surface area contributed by atoms with Crippen molar-refractivity contribution >= 4 is 11.6 Å². The summed E-state index contributed by atoms with van der Waals surface area (Å²) in [4.78, 5) is 11.4. The van der Waals surface area contributed by atoms with Gasteiger partial charge in [-0.25, -0.2) is 15.8 Å². The summed E-state index contributed by atoms with van der Waals surface area (Å²) < 4.78 is 0. The Bertz CT molecular complexity index is 426. The van der Waals surface area contributed by atoms with E-state index in [1.807, 2.05) is 6.92 Å². The van der Waals surface area contributed by atoms with E-state index in [1.165, 1.54) is 19.3 Å². The number of nitrogen functional groups attached to an aromatic ring is 1. The minimum absolute atomic E-state index is 0.297. The van der Waals surface area contributed by atoms with Gasteiger partial charge in [0.1, 0.15) is 17.5 Å². The van der Waals surface area contributed by atoms with E-state index in [1.54, 1.807) is 0 Å². The predicted molar refractivity (Wildman–Crippen MR) is 74.7 cm³/mol. The summed E-state index contributed by atoms with van der Waals surface area (Å²) in [6, 6.07) is 0.615. The van der Waals surface area contributed by atoms with E-state index < -0.39 is 0 Å². The van der Waals surface area contributed by atoms with Crippen molar-refractivity contribution in [2.75, 3.05) is 17.4 Å². The second kappa shape index (κ2) is 5.10. The smallest absolute Gasteiger partial charge is 0.148 e. The molecule has 0 aliphatic heterocycles. The molecule has 0 saturated heterocycles. The molecule has 1 fully saturated rings. The van der Waals surface area contributed by atoms with E-state index in [-0.39, 0.29) is 0 Å². The van der Waals surface area contributed by atoms with Crippen LogP contribution in [-0.2, 0) is 0 Å². The van der Waals surface area contributed by atoms with Crippen LogP contribution in [0.4, 0.5) is 11.6 Å². The molecule has 5 nitrogen and oxygen atoms in total. The lowest BCUT2D eigenvalue weighted by atomic mass is 9.91. The van der Waals surface area contributed by atoms with Gasteiger partial charge in [0.25, 0.3) is 0 Å². The van der Waals surface area contributed by atoms with Gasteiger partial charge in [0.15, 0.2) is 0 Å². The van der Waals surface area contributed by atoms with Crippen molar-refractivity contribution in [2.24, 2.45) is 5.84 Å². The molecule has 3 N–H and O–H groups in total. The lowest BCUT2D eigenvalue weighted by molar-refractivity contribution is 0.398. The summed E-state index contributed by atoms with van der Waals surface area (Å²) in [7, 11) is 2.11. The highest BCUT2D eigenvalue weighted by Crippen LogP contribution is 2.31. The Kier molecular flexibility index (Phi) is 3.71. The van der Waals surface area contributed by atoms with E-state index >= 15 is 0 Å². The highest BCUT2D eigenvalue weighted by Gasteiger charge is 2.25. The maximum absolute atomic E-state index is 5.55. The standard InChI is InChI=1S/C13H23N5/c1-8(2)11-15-12(17-14)9(3)13(16-11)18(4)10-6-5-7-10/h8,10H,5-7,14H2,1-4H3,(H,15,16,17). The van der Waals surface area contributed by atoms with Crippen molar-refractivity contribution in [1.82, 2.24) is 9.97 Å². The molecule has 1 heterocycles. The molecule has 1 aromatic heterocycles. The number of anilines is 2. The molecule has 1 aromatic rings. The number of nitrogens with one attached hydrogen (secondary N) is 1. The van der Waals surface area contributed by atoms with E-state index in [4.69, 9.17) is 10.8 Å². The van der Waals surface area contributed by atoms with Crippen molar-refractivity contribution in [1.29, 1.82) is 0 Å². The molecule has 1 aliphatic rings. The van der Waals surface area contributed by atoms with E-state index in [2.05, 4.69) is 36.2 Å². The third kappa shape index (κ3) is 2.27. The molecule has 100 valence electrons. The highest BCUT2D eigenvalue weighted by molar-refractivity contribution is 5.58. The maximum atomic E-state index is 5.55. The quantitative estimate of drug-likeness (QED) is 0.632. The van der Waals surface area contributed by atoms with Gasteiger partial charge in [-0.1, -0.05) is 13.8 Å². The molecule has 0 bridgehead atoms. The summed E-state index contributed by atoms with van der Waals surface area (Å²) in [5.41, 5.74) is 3.71. The number of nitrogens with two attached hydrogens (primary N) is 1. The molecule has 18 heavy (non-hydrogen) atoms. The van der Waals surface area contributed by atoms with Crippen molar-refractivity contribution in [3.63, 3.8) is 0 Å². The molecule has 0 atom stereocenters. The number of nitrogens with zero attached hydrogens (tertiary/aromatic N) is 3. The van der Waals surface area contributed by atoms with Crippen LogP contribution in [0.5, 0.6) is 0 Å². The van der Waals surface area contributed by atoms with Gasteiger partial charge in [0, 0.05) is 24.6 Å². The third-order valence-electron chi connectivity index (χ3n) is 3.75. The Labute approximate surface area is 109 Å². The molecule has 0 radical (unpaired) electrons. The minimum atomic E-state index is 0.297. The lowest BCUT2D eigenvalue weighted by Gasteiger charge is -2.36. The van der Waals surface area contributed by atoms with Crippen LogP contribution < -0.4 is 16.2 Å². The SMILES string of the molecule is Cc1c(NN)nc(C(C)C)nc1N(C)C1CCC1. The first-order valence-electron chi connectivity index (χ1n) is 6.62. The number of aromatic nitrogens is 2. The summed E-state index contributed by atoms with van der Waals surface area (Å²) in [6.07, 6.45) is 3.82. The van der Waals surface area contributed by atoms with E-state index in [0.717, 1.165) is 23.0 Å². The Hall–Kier alpha value is -1.36. The summed E-state index contributed by atoms with van der Waals surface area (Å²) >= 11 is 0. The second-order valence-corrected chi connectivity index (χ2v) is 5.37. The summed E-state index contributed by atoms with van der Waals surface area (Å²) in [5.74, 6) is 8.43. The molecular formula is C13H23N5. The predicted octanol–water partition coefficient (Wildman–Crippen LogP) is 2.18. The minimum Gasteiger partial charge on any atom is -0.356 e. The van der Waals surface area contributed by atoms with Crippen LogP contribution in [0.3, 0.4) is 0 Å². The Morgan fingerprint density at radius 2 is 2.00 bits per heavy atom. The maximum Gasteiger partial charge on any atom is 0.148 e. The zero-order valence-electron chi connectivity index (χ0n) is 11.7. The number of hydrazine groups is 1. The topological polar surface area (TPSA) is 67.1 Å². The van der Waals surface area contributed by atoms with Gasteiger partial charge < -0.3 is 10.3 Å². The second-order valence-electron chi connectivity index (χ2n) is 5.37. The van der Waals surface area contributed by atoms with Crippen molar-refractivity contribution in [2.45, 2.75) is 52.0 Å². The first-order chi connectivity index (χ1) is 8.54. The van der Waals surface area contributed by atoms with Crippen LogP contribution >= 0.6 is 0 Å². The number of hydrogen-bond acceptors (Lipinski definition) is 5. The largest absolute Gasteiger partial charge is 0.356 e. The van der Waals surface area contributed by atoms with Gasteiger partial charge in [-0.2, -0.15) is 0 Å². The number of hydrogen-bond donors (Lipinski definition) is 2. The zero-order valence-corrected chi connectivity index (χ0v) is 11.7. The van der Waals surface area contributed by atoms with Gasteiger partial charge in [-0.05, 0) is 26.2 Å². The fraction of sp³-hybridized carbons (Fsp3) is 0.692. The molecule has 0 spiro atoms. The van der Waals surface area contributed by atoms with Gasteiger partial charge in [-0.3, -0.25) is 0 Å². The average Bonchev–Trinajstić information content (AvgIpc) is 2.26. The van der Waals surface area contributed by atoms with E-state index in [9.17, 15) is 0 Å². The molecule has 1 saturated carbocycles. The van der Waals surface area contributed by atoms with Crippen molar-refractivity contribution in [3.8, 4) is 0 Å². The molecule has 0 unspecified atom stereocenters. The van der Waals surface area contributed by atoms with Crippen LogP contribution in [0.15, 0.2) is 0 Å². The highest BCUT2D eigenvalue weighted by atomic mass is 15.3. The first kappa shape index (κ1) is 13.1. The van der Waals surface area contributed by atoms with Crippen LogP contribution in [0.25, 0.3) is 0 Å². The zero-order chi connectivity index (χ0) is 13.3. The van der Waals surface area contributed by atoms with Gasteiger partial charge in [-0.15, -0.1) is 0 Å².